The highest BCUT2D eigenvalue weighted by molar-refractivity contribution is 5.50. The Kier molecular flexibility index (Phi) is 3.53. The van der Waals surface area contributed by atoms with Crippen LogP contribution in [0.1, 0.15) is 33.4 Å². The molecule has 0 bridgehead atoms. The monoisotopic (exact) mass is 234 g/mol. The Morgan fingerprint density at radius 3 is 1.39 bits per heavy atom. The predicted molar refractivity (Wildman–Crippen MR) is 77.8 cm³/mol. The van der Waals surface area contributed by atoms with Crippen LogP contribution in [0, 0.1) is 39.5 Å². The number of hydrogen-bond acceptors (Lipinski definition) is 0. The van der Waals surface area contributed by atoms with Gasteiger partial charge in [-0.3, -0.25) is 0 Å². The molecule has 0 N–H and O–H groups in total. The standard InChI is InChI=1S/C18H18/c1-13-5-7-15(3)17(11-13)9-10-18-12-14(2)6-8-16(18)4/h5-8,11-12H,1-4H3. The van der Waals surface area contributed by atoms with Gasteiger partial charge in [0.15, 0.2) is 0 Å². The zero-order chi connectivity index (χ0) is 13.1. The molecule has 0 radical (unpaired) electrons. The van der Waals surface area contributed by atoms with E-state index in [1.165, 1.54) is 22.3 Å². The minimum absolute atomic E-state index is 1.12. The maximum atomic E-state index is 3.29. The molecule has 0 heteroatoms. The van der Waals surface area contributed by atoms with Gasteiger partial charge in [0.25, 0.3) is 0 Å². The van der Waals surface area contributed by atoms with Crippen molar-refractivity contribution in [2.45, 2.75) is 27.7 Å². The van der Waals surface area contributed by atoms with Gasteiger partial charge in [0.05, 0.1) is 0 Å². The molecule has 0 fully saturated rings. The average molecular weight is 234 g/mol. The molecular formula is C18H18. The lowest BCUT2D eigenvalue weighted by molar-refractivity contribution is 1.36. The molecule has 18 heavy (non-hydrogen) atoms. The van der Waals surface area contributed by atoms with E-state index in [4.69, 9.17) is 0 Å². The first-order chi connectivity index (χ1) is 8.56. The summed E-state index contributed by atoms with van der Waals surface area (Å²) in [5, 5.41) is 0. The van der Waals surface area contributed by atoms with Gasteiger partial charge >= 0.3 is 0 Å². The van der Waals surface area contributed by atoms with E-state index in [-0.39, 0.29) is 0 Å². The second kappa shape index (κ2) is 5.10. The predicted octanol–water partition coefficient (Wildman–Crippen LogP) is 4.32. The van der Waals surface area contributed by atoms with Crippen molar-refractivity contribution >= 4 is 0 Å². The maximum Gasteiger partial charge on any atom is 0.0280 e. The van der Waals surface area contributed by atoms with Crippen LogP contribution in [-0.2, 0) is 0 Å². The summed E-state index contributed by atoms with van der Waals surface area (Å²) >= 11 is 0. The van der Waals surface area contributed by atoms with Crippen LogP contribution in [-0.4, -0.2) is 0 Å². The maximum absolute atomic E-state index is 3.29. The van der Waals surface area contributed by atoms with Crippen molar-refractivity contribution in [2.24, 2.45) is 0 Å². The van der Waals surface area contributed by atoms with Gasteiger partial charge in [-0.2, -0.15) is 0 Å². The molecule has 0 aromatic heterocycles. The zero-order valence-electron chi connectivity index (χ0n) is 11.5. The minimum atomic E-state index is 1.12. The molecule has 0 aliphatic carbocycles. The summed E-state index contributed by atoms with van der Waals surface area (Å²) in [5.74, 6) is 6.58. The van der Waals surface area contributed by atoms with Gasteiger partial charge in [-0.1, -0.05) is 36.1 Å². The fourth-order valence-electron chi connectivity index (χ4n) is 1.88. The summed E-state index contributed by atoms with van der Waals surface area (Å²) in [5.41, 5.74) is 7.22. The quantitative estimate of drug-likeness (QED) is 0.595. The second-order valence-corrected chi connectivity index (χ2v) is 4.89. The lowest BCUT2D eigenvalue weighted by Gasteiger charge is -2.01. The summed E-state index contributed by atoms with van der Waals surface area (Å²) in [6, 6.07) is 12.8. The van der Waals surface area contributed by atoms with Gasteiger partial charge in [0.2, 0.25) is 0 Å². The van der Waals surface area contributed by atoms with Crippen molar-refractivity contribution in [2.75, 3.05) is 0 Å². The minimum Gasteiger partial charge on any atom is -0.0614 e. The van der Waals surface area contributed by atoms with E-state index in [0.717, 1.165) is 11.1 Å². The lowest BCUT2D eigenvalue weighted by Crippen LogP contribution is -1.86. The average Bonchev–Trinajstić information content (AvgIpc) is 2.34. The summed E-state index contributed by atoms with van der Waals surface area (Å²) in [6.45, 7) is 8.41. The number of hydrogen-bond donors (Lipinski definition) is 0. The first-order valence-corrected chi connectivity index (χ1v) is 6.23. The van der Waals surface area contributed by atoms with Crippen molar-refractivity contribution in [3.8, 4) is 11.8 Å². The number of benzene rings is 2. The molecule has 0 amide bonds. The molecule has 0 atom stereocenters. The van der Waals surface area contributed by atoms with Gasteiger partial charge in [-0.25, -0.2) is 0 Å². The van der Waals surface area contributed by atoms with Gasteiger partial charge in [0.1, 0.15) is 0 Å². The third-order valence-corrected chi connectivity index (χ3v) is 3.12. The summed E-state index contributed by atoms with van der Waals surface area (Å²) < 4.78 is 0. The van der Waals surface area contributed by atoms with Gasteiger partial charge < -0.3 is 0 Å². The zero-order valence-corrected chi connectivity index (χ0v) is 11.5. The van der Waals surface area contributed by atoms with Crippen LogP contribution < -0.4 is 0 Å². The van der Waals surface area contributed by atoms with Crippen molar-refractivity contribution in [1.82, 2.24) is 0 Å². The Balaban J connectivity index is 2.42. The summed E-state index contributed by atoms with van der Waals surface area (Å²) in [6.07, 6.45) is 0. The fourth-order valence-corrected chi connectivity index (χ4v) is 1.88. The number of rotatable bonds is 0. The van der Waals surface area contributed by atoms with Crippen LogP contribution in [0.15, 0.2) is 36.4 Å². The molecule has 0 spiro atoms. The van der Waals surface area contributed by atoms with Crippen LogP contribution in [0.25, 0.3) is 0 Å². The highest BCUT2D eigenvalue weighted by atomic mass is 14.0. The highest BCUT2D eigenvalue weighted by Crippen LogP contribution is 2.12. The van der Waals surface area contributed by atoms with E-state index in [2.05, 4.69) is 75.9 Å². The molecule has 90 valence electrons. The summed E-state index contributed by atoms with van der Waals surface area (Å²) in [4.78, 5) is 0. The van der Waals surface area contributed by atoms with Gasteiger partial charge in [-0.15, -0.1) is 0 Å². The molecular weight excluding hydrogens is 216 g/mol. The van der Waals surface area contributed by atoms with Crippen LogP contribution >= 0.6 is 0 Å². The van der Waals surface area contributed by atoms with Crippen LogP contribution in [0.4, 0.5) is 0 Å². The Hall–Kier alpha value is -2.00. The molecule has 2 rings (SSSR count). The molecule has 0 aliphatic heterocycles. The van der Waals surface area contributed by atoms with E-state index in [1.54, 1.807) is 0 Å². The fraction of sp³-hybridized carbons (Fsp3) is 0.222. The summed E-state index contributed by atoms with van der Waals surface area (Å²) in [7, 11) is 0. The number of aryl methyl sites for hydroxylation is 4. The Morgan fingerprint density at radius 1 is 0.611 bits per heavy atom. The van der Waals surface area contributed by atoms with Crippen LogP contribution in [0.2, 0.25) is 0 Å². The molecule has 0 saturated carbocycles. The molecule has 0 heterocycles. The van der Waals surface area contributed by atoms with Crippen molar-refractivity contribution in [3.63, 3.8) is 0 Å². The third kappa shape index (κ3) is 2.81. The van der Waals surface area contributed by atoms with E-state index in [1.807, 2.05) is 0 Å². The van der Waals surface area contributed by atoms with E-state index in [0.29, 0.717) is 0 Å². The van der Waals surface area contributed by atoms with E-state index >= 15 is 0 Å². The molecule has 0 unspecified atom stereocenters. The normalized spacial score (nSPS) is 9.78. The lowest BCUT2D eigenvalue weighted by atomic mass is 10.0. The second-order valence-electron chi connectivity index (χ2n) is 4.89. The topological polar surface area (TPSA) is 0 Å². The third-order valence-electron chi connectivity index (χ3n) is 3.12. The molecule has 0 saturated heterocycles. The van der Waals surface area contributed by atoms with Gasteiger partial charge in [0, 0.05) is 11.1 Å². The Morgan fingerprint density at radius 2 is 1.00 bits per heavy atom. The first kappa shape index (κ1) is 12.5. The highest BCUT2D eigenvalue weighted by Gasteiger charge is 1.96. The Labute approximate surface area is 110 Å². The SMILES string of the molecule is Cc1ccc(C)c(C#Cc2cc(C)ccc2C)c1. The van der Waals surface area contributed by atoms with Crippen LogP contribution in [0.5, 0.6) is 0 Å². The van der Waals surface area contributed by atoms with Crippen LogP contribution in [0.3, 0.4) is 0 Å². The molecule has 2 aromatic carbocycles. The molecule has 0 nitrogen and oxygen atoms in total. The van der Waals surface area contributed by atoms with Gasteiger partial charge in [-0.05, 0) is 62.1 Å². The largest absolute Gasteiger partial charge is 0.0614 e. The molecule has 0 aliphatic rings. The van der Waals surface area contributed by atoms with Crippen molar-refractivity contribution < 1.29 is 0 Å². The van der Waals surface area contributed by atoms with Crippen molar-refractivity contribution in [3.05, 3.63) is 69.8 Å². The Bertz CT molecular complexity index is 581. The first-order valence-electron chi connectivity index (χ1n) is 6.23. The molecule has 2 aromatic rings. The smallest absolute Gasteiger partial charge is 0.0280 e. The van der Waals surface area contributed by atoms with E-state index in [9.17, 15) is 0 Å². The van der Waals surface area contributed by atoms with E-state index < -0.39 is 0 Å². The van der Waals surface area contributed by atoms with Crippen molar-refractivity contribution in [1.29, 1.82) is 0 Å².